The Bertz CT molecular complexity index is 983. The maximum absolute atomic E-state index is 12.8. The smallest absolute Gasteiger partial charge is 0.247 e. The van der Waals surface area contributed by atoms with Crippen molar-refractivity contribution in [3.63, 3.8) is 0 Å². The highest BCUT2D eigenvalue weighted by Crippen LogP contribution is 2.18. The first kappa shape index (κ1) is 18.9. The minimum absolute atomic E-state index is 0.0760. The quantitative estimate of drug-likeness (QED) is 0.654. The average Bonchev–Trinajstić information content (AvgIpc) is 3.17. The van der Waals surface area contributed by atoms with Gasteiger partial charge in [-0.1, -0.05) is 42.5 Å². The maximum atomic E-state index is 12.8. The van der Waals surface area contributed by atoms with E-state index in [1.807, 2.05) is 59.4 Å². The van der Waals surface area contributed by atoms with Crippen LogP contribution in [0.4, 0.5) is 0 Å². The highest BCUT2D eigenvalue weighted by molar-refractivity contribution is 7.89. The Morgan fingerprint density at radius 3 is 2.19 bits per heavy atom. The molecule has 1 amide bonds. The largest absolute Gasteiger partial charge is 0.354 e. The molecule has 1 aromatic heterocycles. The molecule has 0 saturated carbocycles. The van der Waals surface area contributed by atoms with Crippen molar-refractivity contribution >= 4 is 15.9 Å². The Morgan fingerprint density at radius 2 is 1.59 bits per heavy atom. The van der Waals surface area contributed by atoms with Crippen LogP contribution in [0.1, 0.15) is 17.2 Å². The second kappa shape index (κ2) is 8.20. The standard InChI is InChI=1S/C20H21N3O3S/c21-27(25,26)18-10-8-16(9-11-18)12-13-22-20(24)19(23-14-4-5-15-23)17-6-2-1-3-7-17/h1-11,14-15,19H,12-13H2,(H,22,24)(H2,21,25,26)/t19-/m0/s1. The lowest BCUT2D eigenvalue weighted by Gasteiger charge is -2.19. The number of hydrogen-bond acceptors (Lipinski definition) is 3. The van der Waals surface area contributed by atoms with Gasteiger partial charge >= 0.3 is 0 Å². The molecule has 0 aliphatic heterocycles. The number of nitrogens with one attached hydrogen (secondary N) is 1. The molecule has 0 bridgehead atoms. The third kappa shape index (κ3) is 4.84. The number of amides is 1. The van der Waals surface area contributed by atoms with Crippen molar-refractivity contribution in [1.29, 1.82) is 0 Å². The predicted octanol–water partition coefficient (Wildman–Crippen LogP) is 2.08. The number of nitrogens with zero attached hydrogens (tertiary/aromatic N) is 1. The van der Waals surface area contributed by atoms with E-state index in [9.17, 15) is 13.2 Å². The van der Waals surface area contributed by atoms with Gasteiger partial charge in [0.2, 0.25) is 15.9 Å². The van der Waals surface area contributed by atoms with Crippen molar-refractivity contribution in [2.45, 2.75) is 17.4 Å². The Labute approximate surface area is 158 Å². The van der Waals surface area contributed by atoms with Crippen LogP contribution in [-0.2, 0) is 21.2 Å². The maximum Gasteiger partial charge on any atom is 0.247 e. The lowest BCUT2D eigenvalue weighted by atomic mass is 10.1. The molecule has 27 heavy (non-hydrogen) atoms. The minimum Gasteiger partial charge on any atom is -0.354 e. The van der Waals surface area contributed by atoms with Crippen molar-refractivity contribution < 1.29 is 13.2 Å². The molecule has 0 radical (unpaired) electrons. The van der Waals surface area contributed by atoms with E-state index in [0.717, 1.165) is 11.1 Å². The minimum atomic E-state index is -3.69. The number of rotatable bonds is 7. The van der Waals surface area contributed by atoms with Gasteiger partial charge < -0.3 is 9.88 Å². The van der Waals surface area contributed by atoms with Gasteiger partial charge in [0.1, 0.15) is 6.04 Å². The van der Waals surface area contributed by atoms with Crippen LogP contribution >= 0.6 is 0 Å². The lowest BCUT2D eigenvalue weighted by molar-refractivity contribution is -0.123. The fourth-order valence-corrected chi connectivity index (χ4v) is 3.40. The van der Waals surface area contributed by atoms with E-state index in [4.69, 9.17) is 5.14 Å². The van der Waals surface area contributed by atoms with Crippen LogP contribution in [0.5, 0.6) is 0 Å². The molecule has 1 heterocycles. The zero-order valence-electron chi connectivity index (χ0n) is 14.7. The van der Waals surface area contributed by atoms with Crippen molar-refractivity contribution in [2.75, 3.05) is 6.54 Å². The molecule has 140 valence electrons. The summed E-state index contributed by atoms with van der Waals surface area (Å²) in [7, 11) is -3.69. The highest BCUT2D eigenvalue weighted by Gasteiger charge is 2.21. The molecule has 0 saturated heterocycles. The molecule has 1 atom stereocenters. The number of nitrogens with two attached hydrogens (primary N) is 1. The summed E-state index contributed by atoms with van der Waals surface area (Å²) in [6.07, 6.45) is 4.32. The normalized spacial score (nSPS) is 12.5. The molecular formula is C20H21N3O3S. The second-order valence-electron chi connectivity index (χ2n) is 6.17. The SMILES string of the molecule is NS(=O)(=O)c1ccc(CCNC(=O)[C@H](c2ccccc2)n2cccc2)cc1. The molecule has 0 aliphatic rings. The summed E-state index contributed by atoms with van der Waals surface area (Å²) in [5.41, 5.74) is 1.82. The third-order valence-electron chi connectivity index (χ3n) is 4.25. The van der Waals surface area contributed by atoms with Gasteiger partial charge in [-0.05, 0) is 41.8 Å². The van der Waals surface area contributed by atoms with E-state index < -0.39 is 16.1 Å². The Hall–Kier alpha value is -2.90. The fourth-order valence-electron chi connectivity index (χ4n) is 2.89. The zero-order chi connectivity index (χ0) is 19.3. The summed E-state index contributed by atoms with van der Waals surface area (Å²) in [5.74, 6) is -0.0986. The monoisotopic (exact) mass is 383 g/mol. The van der Waals surface area contributed by atoms with E-state index in [1.54, 1.807) is 12.1 Å². The molecule has 0 aliphatic carbocycles. The number of carbonyl (C=O) groups is 1. The molecule has 0 unspecified atom stereocenters. The summed E-state index contributed by atoms with van der Waals surface area (Å²) in [4.78, 5) is 12.9. The average molecular weight is 383 g/mol. The van der Waals surface area contributed by atoms with Crippen LogP contribution in [0.15, 0.2) is 84.0 Å². The van der Waals surface area contributed by atoms with Gasteiger partial charge in [-0.25, -0.2) is 13.6 Å². The molecule has 0 fully saturated rings. The second-order valence-corrected chi connectivity index (χ2v) is 7.73. The molecule has 3 rings (SSSR count). The van der Waals surface area contributed by atoms with Crippen molar-refractivity contribution in [3.05, 3.63) is 90.3 Å². The molecule has 2 aromatic carbocycles. The van der Waals surface area contributed by atoms with Crippen LogP contribution in [0, 0.1) is 0 Å². The highest BCUT2D eigenvalue weighted by atomic mass is 32.2. The van der Waals surface area contributed by atoms with Gasteiger partial charge in [0.05, 0.1) is 4.90 Å². The fraction of sp³-hybridized carbons (Fsp3) is 0.150. The Balaban J connectivity index is 1.65. The van der Waals surface area contributed by atoms with E-state index >= 15 is 0 Å². The van der Waals surface area contributed by atoms with E-state index in [2.05, 4.69) is 5.32 Å². The van der Waals surface area contributed by atoms with Gasteiger partial charge in [0.25, 0.3) is 0 Å². The first-order chi connectivity index (χ1) is 12.9. The number of sulfonamides is 1. The van der Waals surface area contributed by atoms with Crippen LogP contribution in [0.25, 0.3) is 0 Å². The van der Waals surface area contributed by atoms with Crippen LogP contribution < -0.4 is 10.5 Å². The number of benzene rings is 2. The molecule has 3 aromatic rings. The van der Waals surface area contributed by atoms with Crippen LogP contribution in [0.3, 0.4) is 0 Å². The summed E-state index contributed by atoms with van der Waals surface area (Å²) in [6, 6.07) is 19.3. The van der Waals surface area contributed by atoms with Crippen LogP contribution in [0.2, 0.25) is 0 Å². The Kier molecular flexibility index (Phi) is 5.73. The van der Waals surface area contributed by atoms with Crippen molar-refractivity contribution in [2.24, 2.45) is 5.14 Å². The van der Waals surface area contributed by atoms with Gasteiger partial charge in [0, 0.05) is 18.9 Å². The summed E-state index contributed by atoms with van der Waals surface area (Å²) >= 11 is 0. The number of aromatic nitrogens is 1. The first-order valence-electron chi connectivity index (χ1n) is 8.52. The topological polar surface area (TPSA) is 94.2 Å². The van der Waals surface area contributed by atoms with Crippen molar-refractivity contribution in [1.82, 2.24) is 9.88 Å². The van der Waals surface area contributed by atoms with Gasteiger partial charge in [0.15, 0.2) is 0 Å². The third-order valence-corrected chi connectivity index (χ3v) is 5.18. The van der Waals surface area contributed by atoms with E-state index in [1.165, 1.54) is 12.1 Å². The number of hydrogen-bond donors (Lipinski definition) is 2. The Morgan fingerprint density at radius 1 is 0.963 bits per heavy atom. The molecule has 0 spiro atoms. The van der Waals surface area contributed by atoms with Crippen molar-refractivity contribution in [3.8, 4) is 0 Å². The first-order valence-corrected chi connectivity index (χ1v) is 10.1. The number of primary sulfonamides is 1. The molecule has 3 N–H and O–H groups in total. The summed E-state index contributed by atoms with van der Waals surface area (Å²) < 4.78 is 24.4. The van der Waals surface area contributed by atoms with Crippen LogP contribution in [-0.4, -0.2) is 25.4 Å². The molecule has 6 nitrogen and oxygen atoms in total. The van der Waals surface area contributed by atoms with Gasteiger partial charge in [-0.15, -0.1) is 0 Å². The predicted molar refractivity (Wildman–Crippen MR) is 104 cm³/mol. The van der Waals surface area contributed by atoms with E-state index in [-0.39, 0.29) is 10.8 Å². The number of carbonyl (C=O) groups excluding carboxylic acids is 1. The molecule has 7 heteroatoms. The van der Waals surface area contributed by atoms with Gasteiger partial charge in [-0.3, -0.25) is 4.79 Å². The van der Waals surface area contributed by atoms with E-state index in [0.29, 0.717) is 13.0 Å². The molecular weight excluding hydrogens is 362 g/mol. The zero-order valence-corrected chi connectivity index (χ0v) is 15.5. The van der Waals surface area contributed by atoms with Gasteiger partial charge in [-0.2, -0.15) is 0 Å². The summed E-state index contributed by atoms with van der Waals surface area (Å²) in [6.45, 7) is 0.443. The summed E-state index contributed by atoms with van der Waals surface area (Å²) in [5, 5.41) is 8.05. The lowest BCUT2D eigenvalue weighted by Crippen LogP contribution is -2.34.